The number of hydrogen-bond acceptors (Lipinski definition) is 2. The van der Waals surface area contributed by atoms with Crippen molar-refractivity contribution in [1.29, 1.82) is 0 Å². The second-order valence-corrected chi connectivity index (χ2v) is 5.69. The first-order chi connectivity index (χ1) is 5.77. The van der Waals surface area contributed by atoms with E-state index in [2.05, 4.69) is 27.4 Å². The molecule has 1 saturated carbocycles. The lowest BCUT2D eigenvalue weighted by atomic mass is 9.78. The minimum Gasteiger partial charge on any atom is -0.324 e. The SMILES string of the molecule is NC(c1csc(Br)c1)C1CCC1. The van der Waals surface area contributed by atoms with E-state index in [1.165, 1.54) is 28.6 Å². The topological polar surface area (TPSA) is 26.0 Å². The summed E-state index contributed by atoms with van der Waals surface area (Å²) in [5.41, 5.74) is 7.40. The van der Waals surface area contributed by atoms with Gasteiger partial charge in [-0.05, 0) is 51.7 Å². The van der Waals surface area contributed by atoms with Crippen LogP contribution >= 0.6 is 27.3 Å². The largest absolute Gasteiger partial charge is 0.324 e. The van der Waals surface area contributed by atoms with E-state index in [0.29, 0.717) is 0 Å². The Morgan fingerprint density at radius 2 is 2.33 bits per heavy atom. The van der Waals surface area contributed by atoms with E-state index < -0.39 is 0 Å². The molecule has 3 heteroatoms. The highest BCUT2D eigenvalue weighted by atomic mass is 79.9. The molecule has 1 aliphatic carbocycles. The van der Waals surface area contributed by atoms with Crippen LogP contribution in [0.2, 0.25) is 0 Å². The summed E-state index contributed by atoms with van der Waals surface area (Å²) in [6.45, 7) is 0. The summed E-state index contributed by atoms with van der Waals surface area (Å²) in [6, 6.07) is 2.43. The van der Waals surface area contributed by atoms with Gasteiger partial charge in [0.25, 0.3) is 0 Å². The Morgan fingerprint density at radius 1 is 1.58 bits per heavy atom. The van der Waals surface area contributed by atoms with E-state index in [4.69, 9.17) is 5.73 Å². The van der Waals surface area contributed by atoms with Crippen molar-refractivity contribution < 1.29 is 0 Å². The molecule has 1 aliphatic rings. The van der Waals surface area contributed by atoms with Gasteiger partial charge in [-0.1, -0.05) is 6.42 Å². The molecule has 1 heterocycles. The molecule has 2 N–H and O–H groups in total. The van der Waals surface area contributed by atoms with Crippen LogP contribution in [-0.2, 0) is 0 Å². The summed E-state index contributed by atoms with van der Waals surface area (Å²) in [6.07, 6.45) is 3.99. The van der Waals surface area contributed by atoms with Gasteiger partial charge in [0.1, 0.15) is 0 Å². The maximum Gasteiger partial charge on any atom is 0.0701 e. The van der Waals surface area contributed by atoms with E-state index in [9.17, 15) is 0 Å². The fourth-order valence-electron chi connectivity index (χ4n) is 1.57. The second kappa shape index (κ2) is 3.48. The lowest BCUT2D eigenvalue weighted by Gasteiger charge is -2.30. The third kappa shape index (κ3) is 1.58. The Bertz CT molecular complexity index is 267. The maximum absolute atomic E-state index is 6.10. The molecular weight excluding hydrogens is 234 g/mol. The molecule has 0 radical (unpaired) electrons. The average Bonchev–Trinajstić information content (AvgIpc) is 2.31. The average molecular weight is 246 g/mol. The number of nitrogens with two attached hydrogens (primary N) is 1. The van der Waals surface area contributed by atoms with E-state index in [1.54, 1.807) is 11.3 Å². The first-order valence-corrected chi connectivity index (χ1v) is 5.94. The van der Waals surface area contributed by atoms with E-state index in [0.717, 1.165) is 5.92 Å². The van der Waals surface area contributed by atoms with Gasteiger partial charge in [0.15, 0.2) is 0 Å². The van der Waals surface area contributed by atoms with Crippen LogP contribution in [-0.4, -0.2) is 0 Å². The van der Waals surface area contributed by atoms with Crippen LogP contribution in [0.4, 0.5) is 0 Å². The monoisotopic (exact) mass is 245 g/mol. The van der Waals surface area contributed by atoms with Gasteiger partial charge in [0.05, 0.1) is 3.79 Å². The van der Waals surface area contributed by atoms with Gasteiger partial charge in [-0.25, -0.2) is 0 Å². The van der Waals surface area contributed by atoms with Crippen molar-refractivity contribution in [2.75, 3.05) is 0 Å². The van der Waals surface area contributed by atoms with Crippen LogP contribution in [0, 0.1) is 5.92 Å². The van der Waals surface area contributed by atoms with Crippen molar-refractivity contribution in [2.45, 2.75) is 25.3 Å². The molecule has 1 atom stereocenters. The van der Waals surface area contributed by atoms with Gasteiger partial charge in [0.2, 0.25) is 0 Å². The first kappa shape index (κ1) is 8.73. The quantitative estimate of drug-likeness (QED) is 0.851. The highest BCUT2D eigenvalue weighted by Crippen LogP contribution is 2.38. The molecule has 0 saturated heterocycles. The summed E-state index contributed by atoms with van der Waals surface area (Å²) in [5, 5.41) is 2.16. The zero-order valence-electron chi connectivity index (χ0n) is 6.79. The smallest absolute Gasteiger partial charge is 0.0701 e. The van der Waals surface area contributed by atoms with Crippen LogP contribution in [0.1, 0.15) is 30.9 Å². The number of rotatable bonds is 2. The molecule has 2 rings (SSSR count). The Labute approximate surface area is 85.1 Å². The van der Waals surface area contributed by atoms with Gasteiger partial charge in [-0.3, -0.25) is 0 Å². The molecule has 0 bridgehead atoms. The minimum atomic E-state index is 0.279. The van der Waals surface area contributed by atoms with Crippen molar-refractivity contribution >= 4 is 27.3 Å². The van der Waals surface area contributed by atoms with Crippen molar-refractivity contribution in [3.8, 4) is 0 Å². The molecule has 66 valence electrons. The first-order valence-electron chi connectivity index (χ1n) is 4.27. The second-order valence-electron chi connectivity index (χ2n) is 3.40. The molecule has 0 aliphatic heterocycles. The summed E-state index contributed by atoms with van der Waals surface area (Å²) < 4.78 is 1.19. The van der Waals surface area contributed by atoms with Crippen LogP contribution in [0.15, 0.2) is 15.2 Å². The molecule has 12 heavy (non-hydrogen) atoms. The van der Waals surface area contributed by atoms with Crippen LogP contribution < -0.4 is 5.73 Å². The van der Waals surface area contributed by atoms with Gasteiger partial charge < -0.3 is 5.73 Å². The van der Waals surface area contributed by atoms with Gasteiger partial charge in [-0.2, -0.15) is 0 Å². The molecule has 1 aromatic heterocycles. The highest BCUT2D eigenvalue weighted by molar-refractivity contribution is 9.11. The number of hydrogen-bond donors (Lipinski definition) is 1. The third-order valence-electron chi connectivity index (χ3n) is 2.63. The molecule has 0 amide bonds. The van der Waals surface area contributed by atoms with Gasteiger partial charge in [-0.15, -0.1) is 11.3 Å². The summed E-state index contributed by atoms with van der Waals surface area (Å²) >= 11 is 5.17. The fourth-order valence-corrected chi connectivity index (χ4v) is 2.79. The predicted molar refractivity (Wildman–Crippen MR) is 56.3 cm³/mol. The van der Waals surface area contributed by atoms with Gasteiger partial charge >= 0.3 is 0 Å². The Morgan fingerprint density at radius 3 is 2.75 bits per heavy atom. The summed E-state index contributed by atoms with van der Waals surface area (Å²) in [5.74, 6) is 0.742. The zero-order valence-corrected chi connectivity index (χ0v) is 9.20. The summed E-state index contributed by atoms with van der Waals surface area (Å²) in [4.78, 5) is 0. The molecule has 0 aromatic carbocycles. The van der Waals surface area contributed by atoms with Crippen molar-refractivity contribution in [1.82, 2.24) is 0 Å². The molecule has 0 spiro atoms. The fraction of sp³-hybridized carbons (Fsp3) is 0.556. The van der Waals surface area contributed by atoms with E-state index in [-0.39, 0.29) is 6.04 Å². The Balaban J connectivity index is 2.08. The number of halogens is 1. The Hall–Kier alpha value is 0.140. The third-order valence-corrected chi connectivity index (χ3v) is 4.15. The van der Waals surface area contributed by atoms with Crippen LogP contribution in [0.5, 0.6) is 0 Å². The highest BCUT2D eigenvalue weighted by Gasteiger charge is 2.25. The maximum atomic E-state index is 6.10. The van der Waals surface area contributed by atoms with Gasteiger partial charge in [0, 0.05) is 6.04 Å². The number of thiophene rings is 1. The zero-order chi connectivity index (χ0) is 8.55. The minimum absolute atomic E-state index is 0.279. The molecular formula is C9H12BrNS. The van der Waals surface area contributed by atoms with Crippen molar-refractivity contribution in [2.24, 2.45) is 11.7 Å². The van der Waals surface area contributed by atoms with E-state index in [1.807, 2.05) is 0 Å². The normalized spacial score (nSPS) is 20.5. The van der Waals surface area contributed by atoms with Crippen molar-refractivity contribution in [3.63, 3.8) is 0 Å². The molecule has 1 nitrogen and oxygen atoms in total. The van der Waals surface area contributed by atoms with E-state index >= 15 is 0 Å². The molecule has 1 fully saturated rings. The summed E-state index contributed by atoms with van der Waals surface area (Å²) in [7, 11) is 0. The lowest BCUT2D eigenvalue weighted by Crippen LogP contribution is -2.26. The van der Waals surface area contributed by atoms with Crippen LogP contribution in [0.25, 0.3) is 0 Å². The van der Waals surface area contributed by atoms with Crippen LogP contribution in [0.3, 0.4) is 0 Å². The standard InChI is InChI=1S/C9H12BrNS/c10-8-4-7(5-12-8)9(11)6-2-1-3-6/h4-6,9H,1-3,11H2. The van der Waals surface area contributed by atoms with Crippen molar-refractivity contribution in [3.05, 3.63) is 20.8 Å². The predicted octanol–water partition coefficient (Wildman–Crippen LogP) is 3.31. The lowest BCUT2D eigenvalue weighted by molar-refractivity contribution is 0.264. The molecule has 1 aromatic rings. The Kier molecular flexibility index (Phi) is 2.53. The molecule has 1 unspecified atom stereocenters.